The summed E-state index contributed by atoms with van der Waals surface area (Å²) in [4.78, 5) is 8.73. The van der Waals surface area contributed by atoms with Crippen LogP contribution in [0.15, 0.2) is 6.20 Å². The van der Waals surface area contributed by atoms with Gasteiger partial charge in [0.15, 0.2) is 5.75 Å². The molecule has 1 aliphatic rings. The zero-order valence-corrected chi connectivity index (χ0v) is 8.08. The van der Waals surface area contributed by atoms with Gasteiger partial charge in [-0.05, 0) is 12.8 Å². The van der Waals surface area contributed by atoms with E-state index in [2.05, 4.69) is 23.8 Å². The monoisotopic (exact) mass is 178 g/mol. The number of hydrogen-bond acceptors (Lipinski definition) is 3. The lowest BCUT2D eigenvalue weighted by Gasteiger charge is -2.16. The minimum absolute atomic E-state index is 0.396. The highest BCUT2D eigenvalue weighted by Gasteiger charge is 2.13. The first-order chi connectivity index (χ1) is 6.27. The van der Waals surface area contributed by atoms with Crippen LogP contribution < -0.4 is 4.74 Å². The molecule has 0 unspecified atom stereocenters. The van der Waals surface area contributed by atoms with Gasteiger partial charge < -0.3 is 4.74 Å². The van der Waals surface area contributed by atoms with Gasteiger partial charge in [0.2, 0.25) is 0 Å². The van der Waals surface area contributed by atoms with Crippen molar-refractivity contribution in [2.75, 3.05) is 6.61 Å². The van der Waals surface area contributed by atoms with Crippen LogP contribution in [0, 0.1) is 0 Å². The summed E-state index contributed by atoms with van der Waals surface area (Å²) in [6, 6.07) is 0. The van der Waals surface area contributed by atoms with Gasteiger partial charge in [0.25, 0.3) is 0 Å². The zero-order chi connectivity index (χ0) is 9.26. The van der Waals surface area contributed by atoms with Crippen molar-refractivity contribution < 1.29 is 4.74 Å². The second-order valence-corrected chi connectivity index (χ2v) is 3.65. The van der Waals surface area contributed by atoms with Crippen molar-refractivity contribution in [1.82, 2.24) is 9.97 Å². The van der Waals surface area contributed by atoms with Gasteiger partial charge in [0.1, 0.15) is 5.82 Å². The molecule has 3 nitrogen and oxygen atoms in total. The maximum Gasteiger partial charge on any atom is 0.159 e. The van der Waals surface area contributed by atoms with Gasteiger partial charge in [0, 0.05) is 5.92 Å². The summed E-state index contributed by atoms with van der Waals surface area (Å²) in [5.74, 6) is 2.19. The van der Waals surface area contributed by atoms with Gasteiger partial charge in [-0.2, -0.15) is 0 Å². The third-order valence-electron chi connectivity index (χ3n) is 2.18. The van der Waals surface area contributed by atoms with E-state index in [1.54, 1.807) is 6.20 Å². The summed E-state index contributed by atoms with van der Waals surface area (Å²) in [7, 11) is 0. The van der Waals surface area contributed by atoms with Crippen molar-refractivity contribution >= 4 is 0 Å². The zero-order valence-electron chi connectivity index (χ0n) is 8.08. The Morgan fingerprint density at radius 3 is 3.08 bits per heavy atom. The Kier molecular flexibility index (Phi) is 2.17. The molecular weight excluding hydrogens is 164 g/mol. The van der Waals surface area contributed by atoms with Gasteiger partial charge >= 0.3 is 0 Å². The van der Waals surface area contributed by atoms with Gasteiger partial charge in [-0.15, -0.1) is 0 Å². The third-order valence-corrected chi connectivity index (χ3v) is 2.18. The van der Waals surface area contributed by atoms with Crippen LogP contribution in [0.2, 0.25) is 0 Å². The molecule has 2 heterocycles. The molecule has 2 rings (SSSR count). The Morgan fingerprint density at radius 1 is 1.46 bits per heavy atom. The predicted octanol–water partition coefficient (Wildman–Crippen LogP) is 1.92. The van der Waals surface area contributed by atoms with E-state index in [9.17, 15) is 0 Å². The topological polar surface area (TPSA) is 35.0 Å². The average molecular weight is 178 g/mol. The first-order valence-electron chi connectivity index (χ1n) is 4.76. The summed E-state index contributed by atoms with van der Waals surface area (Å²) in [5.41, 5.74) is 1.07. The van der Waals surface area contributed by atoms with E-state index in [1.165, 1.54) is 0 Å². The van der Waals surface area contributed by atoms with E-state index >= 15 is 0 Å². The van der Waals surface area contributed by atoms with E-state index < -0.39 is 0 Å². The minimum atomic E-state index is 0.396. The number of fused-ring (bicyclic) bond motifs is 1. The molecule has 70 valence electrons. The van der Waals surface area contributed by atoms with Crippen LogP contribution >= 0.6 is 0 Å². The minimum Gasteiger partial charge on any atom is -0.490 e. The third kappa shape index (κ3) is 1.64. The molecule has 13 heavy (non-hydrogen) atoms. The van der Waals surface area contributed by atoms with E-state index in [0.29, 0.717) is 5.92 Å². The second-order valence-electron chi connectivity index (χ2n) is 3.65. The van der Waals surface area contributed by atoms with Crippen LogP contribution in [0.1, 0.15) is 37.7 Å². The Balaban J connectivity index is 2.35. The van der Waals surface area contributed by atoms with Crippen LogP contribution in [0.25, 0.3) is 0 Å². The molecule has 0 saturated carbocycles. The SMILES string of the molecule is CC(C)c1ncc2c(n1)CCCO2. The Labute approximate surface area is 78.2 Å². The molecule has 3 heteroatoms. The van der Waals surface area contributed by atoms with Gasteiger partial charge in [-0.3, -0.25) is 0 Å². The second kappa shape index (κ2) is 3.32. The van der Waals surface area contributed by atoms with Gasteiger partial charge in [0.05, 0.1) is 18.5 Å². The fourth-order valence-electron chi connectivity index (χ4n) is 1.42. The summed E-state index contributed by atoms with van der Waals surface area (Å²) in [6.45, 7) is 5.01. The first-order valence-corrected chi connectivity index (χ1v) is 4.76. The molecule has 1 aromatic heterocycles. The normalized spacial score (nSPS) is 15.3. The summed E-state index contributed by atoms with van der Waals surface area (Å²) < 4.78 is 5.43. The van der Waals surface area contributed by atoms with Crippen molar-refractivity contribution in [1.29, 1.82) is 0 Å². The van der Waals surface area contributed by atoms with Crippen LogP contribution in [0.4, 0.5) is 0 Å². The van der Waals surface area contributed by atoms with Crippen molar-refractivity contribution in [2.24, 2.45) is 0 Å². The quantitative estimate of drug-likeness (QED) is 0.659. The van der Waals surface area contributed by atoms with Crippen LogP contribution in [-0.2, 0) is 6.42 Å². The van der Waals surface area contributed by atoms with Gasteiger partial charge in [-0.25, -0.2) is 9.97 Å². The largest absolute Gasteiger partial charge is 0.490 e. The molecule has 0 aliphatic carbocycles. The maximum atomic E-state index is 5.43. The summed E-state index contributed by atoms with van der Waals surface area (Å²) in [5, 5.41) is 0. The van der Waals surface area contributed by atoms with E-state index in [1.807, 2.05) is 0 Å². The van der Waals surface area contributed by atoms with E-state index in [4.69, 9.17) is 4.74 Å². The molecule has 1 aliphatic heterocycles. The molecule has 0 aromatic carbocycles. The lowest BCUT2D eigenvalue weighted by molar-refractivity contribution is 0.282. The molecule has 0 radical (unpaired) electrons. The fraction of sp³-hybridized carbons (Fsp3) is 0.600. The predicted molar refractivity (Wildman–Crippen MR) is 49.9 cm³/mol. The molecule has 0 amide bonds. The van der Waals surface area contributed by atoms with Crippen molar-refractivity contribution in [2.45, 2.75) is 32.6 Å². The molecule has 1 aromatic rings. The lowest BCUT2D eigenvalue weighted by atomic mass is 10.1. The number of rotatable bonds is 1. The highest BCUT2D eigenvalue weighted by molar-refractivity contribution is 5.26. The number of aromatic nitrogens is 2. The van der Waals surface area contributed by atoms with Crippen LogP contribution in [0.5, 0.6) is 5.75 Å². The molecule has 0 N–H and O–H groups in total. The molecule has 0 bridgehead atoms. The standard InChI is InChI=1S/C10H14N2O/c1-7(2)10-11-6-9-8(12-10)4-3-5-13-9/h6-7H,3-5H2,1-2H3. The number of aryl methyl sites for hydroxylation is 1. The fourth-order valence-corrected chi connectivity index (χ4v) is 1.42. The Morgan fingerprint density at radius 2 is 2.31 bits per heavy atom. The first kappa shape index (κ1) is 8.48. The summed E-state index contributed by atoms with van der Waals surface area (Å²) >= 11 is 0. The maximum absolute atomic E-state index is 5.43. The van der Waals surface area contributed by atoms with Crippen molar-refractivity contribution in [3.05, 3.63) is 17.7 Å². The molecule has 0 atom stereocenters. The molecular formula is C10H14N2O. The Hall–Kier alpha value is -1.12. The van der Waals surface area contributed by atoms with Crippen LogP contribution in [-0.4, -0.2) is 16.6 Å². The van der Waals surface area contributed by atoms with Gasteiger partial charge in [-0.1, -0.05) is 13.8 Å². The van der Waals surface area contributed by atoms with Crippen molar-refractivity contribution in [3.8, 4) is 5.75 Å². The summed E-state index contributed by atoms with van der Waals surface area (Å²) in [6.07, 6.45) is 3.90. The highest BCUT2D eigenvalue weighted by Crippen LogP contribution is 2.22. The van der Waals surface area contributed by atoms with Crippen LogP contribution in [0.3, 0.4) is 0 Å². The smallest absolute Gasteiger partial charge is 0.159 e. The molecule has 0 spiro atoms. The Bertz CT molecular complexity index is 310. The average Bonchev–Trinajstić information content (AvgIpc) is 2.17. The lowest BCUT2D eigenvalue weighted by Crippen LogP contribution is -2.12. The number of nitrogens with zero attached hydrogens (tertiary/aromatic N) is 2. The highest BCUT2D eigenvalue weighted by atomic mass is 16.5. The number of hydrogen-bond donors (Lipinski definition) is 0. The molecule has 0 fully saturated rings. The number of ether oxygens (including phenoxy) is 1. The van der Waals surface area contributed by atoms with E-state index in [0.717, 1.165) is 36.7 Å². The van der Waals surface area contributed by atoms with Crippen molar-refractivity contribution in [3.63, 3.8) is 0 Å². The molecule has 0 saturated heterocycles. The van der Waals surface area contributed by atoms with E-state index in [-0.39, 0.29) is 0 Å².